The third-order valence-electron chi connectivity index (χ3n) is 9.64. The smallest absolute Gasteiger partial charge is 0.0541 e. The standard InChI is InChI=1S/C31H22N2.C13H10/c32-24-7-5-6-20(17-24)21-12-13-22-16-23-14-15-25(19-29(23)28(22)18-21)33-30-10-3-1-8-26(30)27-9-2-4-11-31(27)33;1-3-7-12-10(5-1)9-11-6-2-4-8-13(11)12/h1-15,17-19H,16,32H2;1-8H,9H2. The van der Waals surface area contributed by atoms with E-state index in [4.69, 9.17) is 5.73 Å². The van der Waals surface area contributed by atoms with Crippen molar-refractivity contribution in [2.75, 3.05) is 5.73 Å². The van der Waals surface area contributed by atoms with Gasteiger partial charge >= 0.3 is 0 Å². The summed E-state index contributed by atoms with van der Waals surface area (Å²) in [5, 5.41) is 2.58. The van der Waals surface area contributed by atoms with E-state index in [0.717, 1.165) is 24.1 Å². The molecular formula is C44H32N2. The van der Waals surface area contributed by atoms with Gasteiger partial charge in [0.05, 0.1) is 11.0 Å². The molecule has 0 radical (unpaired) electrons. The van der Waals surface area contributed by atoms with E-state index in [0.29, 0.717) is 0 Å². The molecule has 0 spiro atoms. The molecule has 0 amide bonds. The fourth-order valence-corrected chi connectivity index (χ4v) is 7.47. The molecule has 8 aromatic rings. The first-order valence-electron chi connectivity index (χ1n) is 16.0. The third kappa shape index (κ3) is 4.34. The van der Waals surface area contributed by atoms with Crippen molar-refractivity contribution in [3.63, 3.8) is 0 Å². The van der Waals surface area contributed by atoms with Crippen LogP contribution in [0.15, 0.2) is 158 Å². The first-order valence-corrected chi connectivity index (χ1v) is 16.0. The van der Waals surface area contributed by atoms with Crippen LogP contribution in [0.1, 0.15) is 22.3 Å². The Labute approximate surface area is 269 Å². The van der Waals surface area contributed by atoms with Gasteiger partial charge in [-0.05, 0) is 111 Å². The van der Waals surface area contributed by atoms with Crippen molar-refractivity contribution in [2.24, 2.45) is 0 Å². The lowest BCUT2D eigenvalue weighted by atomic mass is 9.98. The predicted octanol–water partition coefficient (Wildman–Crippen LogP) is 10.9. The second-order valence-corrected chi connectivity index (χ2v) is 12.4. The monoisotopic (exact) mass is 588 g/mol. The molecule has 218 valence electrons. The van der Waals surface area contributed by atoms with Crippen LogP contribution in [-0.4, -0.2) is 4.57 Å². The zero-order valence-corrected chi connectivity index (χ0v) is 25.4. The van der Waals surface area contributed by atoms with Gasteiger partial charge in [-0.1, -0.05) is 115 Å². The topological polar surface area (TPSA) is 30.9 Å². The van der Waals surface area contributed by atoms with Crippen LogP contribution in [0.4, 0.5) is 5.69 Å². The van der Waals surface area contributed by atoms with Crippen LogP contribution < -0.4 is 5.73 Å². The number of nitrogen functional groups attached to an aromatic ring is 1. The summed E-state index contributed by atoms with van der Waals surface area (Å²) in [4.78, 5) is 0. The second-order valence-electron chi connectivity index (χ2n) is 12.4. The highest BCUT2D eigenvalue weighted by atomic mass is 15.0. The van der Waals surface area contributed by atoms with E-state index in [2.05, 4.69) is 144 Å². The summed E-state index contributed by atoms with van der Waals surface area (Å²) in [6.07, 6.45) is 2.08. The number of aromatic nitrogens is 1. The van der Waals surface area contributed by atoms with E-state index in [9.17, 15) is 0 Å². The Morgan fingerprint density at radius 2 is 0.913 bits per heavy atom. The van der Waals surface area contributed by atoms with E-state index in [1.54, 1.807) is 0 Å². The molecular weight excluding hydrogens is 556 g/mol. The number of anilines is 1. The summed E-state index contributed by atoms with van der Waals surface area (Å²) >= 11 is 0. The molecule has 10 rings (SSSR count). The Morgan fingerprint density at radius 1 is 0.391 bits per heavy atom. The minimum Gasteiger partial charge on any atom is -0.399 e. The zero-order chi connectivity index (χ0) is 30.6. The van der Waals surface area contributed by atoms with E-state index >= 15 is 0 Å². The van der Waals surface area contributed by atoms with Crippen LogP contribution in [0.25, 0.3) is 60.9 Å². The fraction of sp³-hybridized carbons (Fsp3) is 0.0455. The summed E-state index contributed by atoms with van der Waals surface area (Å²) in [5.74, 6) is 0. The molecule has 2 aliphatic carbocycles. The van der Waals surface area contributed by atoms with Crippen molar-refractivity contribution in [2.45, 2.75) is 12.8 Å². The molecule has 7 aromatic carbocycles. The summed E-state index contributed by atoms with van der Waals surface area (Å²) in [5.41, 5.74) is 24.1. The summed E-state index contributed by atoms with van der Waals surface area (Å²) < 4.78 is 2.39. The number of para-hydroxylation sites is 2. The van der Waals surface area contributed by atoms with Gasteiger partial charge in [0.1, 0.15) is 0 Å². The van der Waals surface area contributed by atoms with Gasteiger partial charge in [-0.3, -0.25) is 0 Å². The molecule has 1 heterocycles. The van der Waals surface area contributed by atoms with Gasteiger partial charge in [-0.25, -0.2) is 0 Å². The first-order chi connectivity index (χ1) is 22.7. The van der Waals surface area contributed by atoms with Crippen molar-refractivity contribution >= 4 is 27.5 Å². The highest BCUT2D eigenvalue weighted by molar-refractivity contribution is 6.09. The Kier molecular flexibility index (Phi) is 6.14. The summed E-state index contributed by atoms with van der Waals surface area (Å²) in [7, 11) is 0. The van der Waals surface area contributed by atoms with E-state index in [1.807, 2.05) is 18.2 Å². The molecule has 2 heteroatoms. The molecule has 2 N–H and O–H groups in total. The lowest BCUT2D eigenvalue weighted by Crippen LogP contribution is -1.94. The molecule has 2 aliphatic rings. The minimum atomic E-state index is 0.794. The third-order valence-corrected chi connectivity index (χ3v) is 9.64. The van der Waals surface area contributed by atoms with Crippen LogP contribution in [0.5, 0.6) is 0 Å². The maximum atomic E-state index is 6.05. The number of nitrogens with zero attached hydrogens (tertiary/aromatic N) is 1. The van der Waals surface area contributed by atoms with Crippen LogP contribution in [0, 0.1) is 0 Å². The average molecular weight is 589 g/mol. The molecule has 0 fully saturated rings. The minimum absolute atomic E-state index is 0.794. The molecule has 0 unspecified atom stereocenters. The van der Waals surface area contributed by atoms with Crippen molar-refractivity contribution in [1.82, 2.24) is 4.57 Å². The molecule has 46 heavy (non-hydrogen) atoms. The Hall–Kier alpha value is -5.86. The molecule has 0 saturated heterocycles. The molecule has 1 aromatic heterocycles. The van der Waals surface area contributed by atoms with Crippen molar-refractivity contribution in [1.29, 1.82) is 0 Å². The lowest BCUT2D eigenvalue weighted by Gasteiger charge is -2.11. The van der Waals surface area contributed by atoms with Crippen molar-refractivity contribution in [3.8, 4) is 39.1 Å². The molecule has 0 bridgehead atoms. The number of rotatable bonds is 2. The predicted molar refractivity (Wildman–Crippen MR) is 194 cm³/mol. The highest BCUT2D eigenvalue weighted by Crippen LogP contribution is 2.41. The van der Waals surface area contributed by atoms with Crippen molar-refractivity contribution in [3.05, 3.63) is 180 Å². The molecule has 0 saturated carbocycles. The van der Waals surface area contributed by atoms with Gasteiger partial charge in [0, 0.05) is 22.1 Å². The zero-order valence-electron chi connectivity index (χ0n) is 25.4. The van der Waals surface area contributed by atoms with Gasteiger partial charge in [0.15, 0.2) is 0 Å². The lowest BCUT2D eigenvalue weighted by molar-refractivity contribution is 1.17. The fourth-order valence-electron chi connectivity index (χ4n) is 7.47. The average Bonchev–Trinajstić information content (AvgIpc) is 3.77. The van der Waals surface area contributed by atoms with Gasteiger partial charge in [0.2, 0.25) is 0 Å². The molecule has 2 nitrogen and oxygen atoms in total. The Morgan fingerprint density at radius 3 is 1.57 bits per heavy atom. The Bertz CT molecular complexity index is 2350. The van der Waals surface area contributed by atoms with Gasteiger partial charge < -0.3 is 10.3 Å². The number of benzene rings is 7. The van der Waals surface area contributed by atoms with Crippen LogP contribution >= 0.6 is 0 Å². The summed E-state index contributed by atoms with van der Waals surface area (Å²) in [6.45, 7) is 0. The molecule has 0 atom stereocenters. The van der Waals surface area contributed by atoms with Crippen LogP contribution in [-0.2, 0) is 12.8 Å². The maximum Gasteiger partial charge on any atom is 0.0541 e. The highest BCUT2D eigenvalue weighted by Gasteiger charge is 2.21. The number of hydrogen-bond donors (Lipinski definition) is 1. The molecule has 0 aliphatic heterocycles. The van der Waals surface area contributed by atoms with Crippen molar-refractivity contribution < 1.29 is 0 Å². The van der Waals surface area contributed by atoms with Gasteiger partial charge in [-0.2, -0.15) is 0 Å². The quantitative estimate of drug-likeness (QED) is 0.200. The van der Waals surface area contributed by atoms with E-state index in [1.165, 1.54) is 77.6 Å². The van der Waals surface area contributed by atoms with Crippen LogP contribution in [0.3, 0.4) is 0 Å². The maximum absolute atomic E-state index is 6.05. The Balaban J connectivity index is 0.000000187. The SMILES string of the molecule is Nc1cccc(-c2ccc3c(c2)-c2cc(-n4c5ccccc5c5ccccc54)ccc2C3)c1.c1ccc2c(c1)Cc1ccccc1-2. The largest absolute Gasteiger partial charge is 0.399 e. The van der Waals surface area contributed by atoms with Crippen LogP contribution in [0.2, 0.25) is 0 Å². The van der Waals surface area contributed by atoms with Gasteiger partial charge in [0.25, 0.3) is 0 Å². The second kappa shape index (κ2) is 10.6. The number of nitrogens with two attached hydrogens (primary N) is 1. The van der Waals surface area contributed by atoms with E-state index < -0.39 is 0 Å². The number of fused-ring (bicyclic) bond motifs is 9. The normalized spacial score (nSPS) is 12.3. The van der Waals surface area contributed by atoms with E-state index in [-0.39, 0.29) is 0 Å². The summed E-state index contributed by atoms with van der Waals surface area (Å²) in [6, 6.07) is 56.5. The number of hydrogen-bond acceptors (Lipinski definition) is 1. The first kappa shape index (κ1) is 26.5. The van der Waals surface area contributed by atoms with Gasteiger partial charge in [-0.15, -0.1) is 0 Å².